The van der Waals surface area contributed by atoms with E-state index in [2.05, 4.69) is 10.2 Å². The average molecular weight is 234 g/mol. The van der Waals surface area contributed by atoms with Crippen molar-refractivity contribution in [2.24, 2.45) is 0 Å². The van der Waals surface area contributed by atoms with Crippen LogP contribution >= 0.6 is 11.3 Å². The molecular weight excluding hydrogens is 215 g/mol. The van der Waals surface area contributed by atoms with E-state index in [9.17, 15) is 0 Å². The van der Waals surface area contributed by atoms with Crippen LogP contribution in [0.15, 0.2) is 0 Å². The summed E-state index contributed by atoms with van der Waals surface area (Å²) in [5.74, 6) is 0. The highest BCUT2D eigenvalue weighted by molar-refractivity contribution is 7.11. The van der Waals surface area contributed by atoms with Crippen LogP contribution in [0.3, 0.4) is 0 Å². The average Bonchev–Trinajstić information content (AvgIpc) is 2.71. The van der Waals surface area contributed by atoms with Crippen molar-refractivity contribution in [1.29, 1.82) is 0 Å². The Morgan fingerprint density at radius 2 is 1.56 bits per heavy atom. The maximum atomic E-state index is 6.54. The highest BCUT2D eigenvalue weighted by Crippen LogP contribution is 2.35. The van der Waals surface area contributed by atoms with Gasteiger partial charge in [0.25, 0.3) is 0 Å². The van der Waals surface area contributed by atoms with Crippen LogP contribution in [0, 0.1) is 6.92 Å². The number of hydrogen-bond donors (Lipinski definition) is 0. The summed E-state index contributed by atoms with van der Waals surface area (Å²) in [4.78, 5) is 0. The topological polar surface area (TPSA) is 25.8 Å². The van der Waals surface area contributed by atoms with Gasteiger partial charge in [0.15, 0.2) is 0 Å². The number of rotatable bonds is 1. The van der Waals surface area contributed by atoms with E-state index in [1.54, 1.807) is 11.3 Å². The van der Waals surface area contributed by atoms with Gasteiger partial charge in [0.1, 0.15) is 10.0 Å². The summed E-state index contributed by atoms with van der Waals surface area (Å²) in [6, 6.07) is 0. The van der Waals surface area contributed by atoms with E-state index in [4.69, 9.17) is 7.85 Å². The molecule has 1 saturated carbocycles. The summed E-state index contributed by atoms with van der Waals surface area (Å²) in [6.45, 7) is 2.00. The molecule has 1 fully saturated rings. The summed E-state index contributed by atoms with van der Waals surface area (Å²) in [6.07, 6.45) is 9.97. The number of hydrogen-bond acceptors (Lipinski definition) is 3. The Hall–Kier alpha value is -0.375. The molecule has 4 heteroatoms. The van der Waals surface area contributed by atoms with Gasteiger partial charge >= 0.3 is 0 Å². The Morgan fingerprint density at radius 3 is 2.06 bits per heavy atom. The molecule has 1 aromatic heterocycles. The molecule has 16 heavy (non-hydrogen) atoms. The standard InChI is InChI=1S/C12H19BN2S/c1-10-14-15-11(16-10)12(13)8-6-4-2-3-5-7-9-12/h2-9H2,1H3. The lowest BCUT2D eigenvalue weighted by molar-refractivity contribution is 0.476. The largest absolute Gasteiger partial charge is 0.144 e. The van der Waals surface area contributed by atoms with Crippen molar-refractivity contribution in [1.82, 2.24) is 10.2 Å². The van der Waals surface area contributed by atoms with E-state index in [1.807, 2.05) is 6.92 Å². The van der Waals surface area contributed by atoms with Crippen LogP contribution in [0.5, 0.6) is 0 Å². The zero-order valence-corrected chi connectivity index (χ0v) is 10.9. The van der Waals surface area contributed by atoms with Crippen LogP contribution in [-0.2, 0) is 5.31 Å². The fourth-order valence-electron chi connectivity index (χ4n) is 2.42. The summed E-state index contributed by atoms with van der Waals surface area (Å²) in [5.41, 5.74) is 0. The van der Waals surface area contributed by atoms with E-state index in [0.717, 1.165) is 22.9 Å². The molecule has 2 nitrogen and oxygen atoms in total. The third kappa shape index (κ3) is 2.85. The quantitative estimate of drug-likeness (QED) is 0.696. The Bertz CT molecular complexity index is 328. The van der Waals surface area contributed by atoms with Gasteiger partial charge in [-0.25, -0.2) is 0 Å². The molecule has 0 saturated heterocycles. The molecule has 0 bridgehead atoms. The molecule has 86 valence electrons. The number of aryl methyl sites for hydroxylation is 1. The normalized spacial score (nSPS) is 22.1. The number of aromatic nitrogens is 2. The molecular formula is C12H19BN2S. The van der Waals surface area contributed by atoms with Crippen LogP contribution in [0.1, 0.15) is 61.4 Å². The Morgan fingerprint density at radius 1 is 1.00 bits per heavy atom. The van der Waals surface area contributed by atoms with Gasteiger partial charge < -0.3 is 0 Å². The van der Waals surface area contributed by atoms with Gasteiger partial charge in [0.05, 0.1) is 7.85 Å². The predicted octanol–water partition coefficient (Wildman–Crippen LogP) is 3.34. The van der Waals surface area contributed by atoms with Crippen LogP contribution in [0.2, 0.25) is 0 Å². The summed E-state index contributed by atoms with van der Waals surface area (Å²) < 4.78 is 0. The van der Waals surface area contributed by atoms with E-state index in [1.165, 1.54) is 38.5 Å². The number of nitrogens with zero attached hydrogens (tertiary/aromatic N) is 2. The molecule has 0 unspecified atom stereocenters. The predicted molar refractivity (Wildman–Crippen MR) is 69.0 cm³/mol. The Balaban J connectivity index is 2.12. The minimum atomic E-state index is -0.198. The smallest absolute Gasteiger partial charge is 0.114 e. The van der Waals surface area contributed by atoms with Gasteiger partial charge in [-0.3, -0.25) is 0 Å². The summed E-state index contributed by atoms with van der Waals surface area (Å²) >= 11 is 1.67. The summed E-state index contributed by atoms with van der Waals surface area (Å²) in [5, 5.41) is 10.2. The third-order valence-corrected chi connectivity index (χ3v) is 4.51. The molecule has 1 aromatic rings. The molecule has 0 aromatic carbocycles. The minimum absolute atomic E-state index is 0.198. The van der Waals surface area contributed by atoms with Crippen molar-refractivity contribution in [2.45, 2.75) is 63.6 Å². The molecule has 2 radical (unpaired) electrons. The molecule has 0 N–H and O–H groups in total. The zero-order chi connectivity index (χ0) is 11.4. The first-order valence-corrected chi connectivity index (χ1v) is 7.12. The Labute approximate surface area is 103 Å². The van der Waals surface area contributed by atoms with Crippen molar-refractivity contribution >= 4 is 19.2 Å². The molecule has 0 atom stereocenters. The van der Waals surface area contributed by atoms with Crippen LogP contribution in [0.25, 0.3) is 0 Å². The summed E-state index contributed by atoms with van der Waals surface area (Å²) in [7, 11) is 6.54. The maximum absolute atomic E-state index is 6.54. The second-order valence-electron chi connectivity index (χ2n) is 4.90. The van der Waals surface area contributed by atoms with Crippen molar-refractivity contribution in [2.75, 3.05) is 0 Å². The second-order valence-corrected chi connectivity index (χ2v) is 6.09. The molecule has 2 rings (SSSR count). The fraction of sp³-hybridized carbons (Fsp3) is 0.833. The van der Waals surface area contributed by atoms with E-state index in [0.29, 0.717) is 0 Å². The van der Waals surface area contributed by atoms with Gasteiger partial charge in [0.2, 0.25) is 0 Å². The SMILES string of the molecule is [B]C1(c2nnc(C)s2)CCCCCCCC1. The first-order chi connectivity index (χ1) is 7.71. The van der Waals surface area contributed by atoms with Crippen molar-refractivity contribution in [3.05, 3.63) is 10.0 Å². The van der Waals surface area contributed by atoms with Crippen molar-refractivity contribution < 1.29 is 0 Å². The molecule has 0 amide bonds. The van der Waals surface area contributed by atoms with E-state index in [-0.39, 0.29) is 5.31 Å². The van der Waals surface area contributed by atoms with Crippen LogP contribution in [0.4, 0.5) is 0 Å². The van der Waals surface area contributed by atoms with Crippen molar-refractivity contribution in [3.8, 4) is 0 Å². The fourth-order valence-corrected chi connectivity index (χ4v) is 3.28. The maximum Gasteiger partial charge on any atom is 0.114 e. The second kappa shape index (κ2) is 5.30. The minimum Gasteiger partial charge on any atom is -0.144 e. The monoisotopic (exact) mass is 234 g/mol. The highest BCUT2D eigenvalue weighted by atomic mass is 32.1. The van der Waals surface area contributed by atoms with E-state index < -0.39 is 0 Å². The molecule has 1 heterocycles. The van der Waals surface area contributed by atoms with Crippen LogP contribution < -0.4 is 0 Å². The zero-order valence-electron chi connectivity index (χ0n) is 10.0. The molecule has 0 aliphatic heterocycles. The molecule has 1 aliphatic carbocycles. The molecule has 0 spiro atoms. The van der Waals surface area contributed by atoms with Crippen molar-refractivity contribution in [3.63, 3.8) is 0 Å². The van der Waals surface area contributed by atoms with E-state index >= 15 is 0 Å². The lowest BCUT2D eigenvalue weighted by Crippen LogP contribution is -2.26. The van der Waals surface area contributed by atoms with Gasteiger partial charge in [-0.2, -0.15) is 0 Å². The first-order valence-electron chi connectivity index (χ1n) is 6.30. The lowest BCUT2D eigenvalue weighted by Gasteiger charge is -2.26. The first kappa shape index (κ1) is 12.1. The third-order valence-electron chi connectivity index (χ3n) is 3.45. The highest BCUT2D eigenvalue weighted by Gasteiger charge is 2.29. The van der Waals surface area contributed by atoms with Gasteiger partial charge in [-0.15, -0.1) is 21.5 Å². The van der Waals surface area contributed by atoms with Crippen LogP contribution in [-0.4, -0.2) is 18.0 Å². The van der Waals surface area contributed by atoms with Gasteiger partial charge in [-0.1, -0.05) is 38.5 Å². The molecule has 1 aliphatic rings. The lowest BCUT2D eigenvalue weighted by atomic mass is 9.63. The Kier molecular flexibility index (Phi) is 4.01. The van der Waals surface area contributed by atoms with Gasteiger partial charge in [0, 0.05) is 0 Å². The van der Waals surface area contributed by atoms with Gasteiger partial charge in [-0.05, 0) is 25.1 Å².